The summed E-state index contributed by atoms with van der Waals surface area (Å²) in [6.07, 6.45) is 2.22. The van der Waals surface area contributed by atoms with Crippen molar-refractivity contribution in [1.29, 1.82) is 0 Å². The lowest BCUT2D eigenvalue weighted by Gasteiger charge is -2.13. The highest BCUT2D eigenvalue weighted by Crippen LogP contribution is 2.33. The Morgan fingerprint density at radius 2 is 2.00 bits per heavy atom. The third-order valence-corrected chi connectivity index (χ3v) is 3.23. The quantitative estimate of drug-likeness (QED) is 0.878. The van der Waals surface area contributed by atoms with E-state index in [-0.39, 0.29) is 0 Å². The van der Waals surface area contributed by atoms with Crippen molar-refractivity contribution in [2.75, 3.05) is 11.9 Å². The number of rotatable bonds is 5. The van der Waals surface area contributed by atoms with Crippen molar-refractivity contribution in [3.05, 3.63) is 40.1 Å². The summed E-state index contributed by atoms with van der Waals surface area (Å²) in [4.78, 5) is 8.41. The molecule has 20 heavy (non-hydrogen) atoms. The molecular weight excluding hydrogens is 297 g/mol. The first kappa shape index (κ1) is 14.9. The molecule has 1 aromatic heterocycles. The third kappa shape index (κ3) is 3.32. The lowest BCUT2D eigenvalue weighted by molar-refractivity contribution is 0.456. The van der Waals surface area contributed by atoms with Gasteiger partial charge in [-0.25, -0.2) is 9.97 Å². The molecule has 0 saturated heterocycles. The van der Waals surface area contributed by atoms with Crippen LogP contribution in [-0.2, 0) is 6.42 Å². The van der Waals surface area contributed by atoms with Gasteiger partial charge >= 0.3 is 0 Å². The molecular formula is C14H15Cl2N3O. The summed E-state index contributed by atoms with van der Waals surface area (Å²) in [6, 6.07) is 5.08. The Labute approximate surface area is 128 Å². The molecule has 4 nitrogen and oxygen atoms in total. The van der Waals surface area contributed by atoms with Crippen molar-refractivity contribution in [2.45, 2.75) is 20.3 Å². The molecule has 106 valence electrons. The second kappa shape index (κ2) is 6.77. The van der Waals surface area contributed by atoms with Gasteiger partial charge in [-0.2, -0.15) is 0 Å². The number of nitrogens with one attached hydrogen (secondary N) is 1. The minimum atomic E-state index is 0.447. The Hall–Kier alpha value is -1.52. The second-order valence-corrected chi connectivity index (χ2v) is 4.91. The number of hydrogen-bond acceptors (Lipinski definition) is 4. The fourth-order valence-corrected chi connectivity index (χ4v) is 2.23. The molecule has 0 unspecified atom stereocenters. The molecule has 0 bridgehead atoms. The summed E-state index contributed by atoms with van der Waals surface area (Å²) in [6.45, 7) is 4.82. The first-order valence-corrected chi connectivity index (χ1v) is 7.12. The molecule has 2 rings (SSSR count). The second-order valence-electron chi connectivity index (χ2n) is 4.07. The molecule has 0 spiro atoms. The molecule has 1 heterocycles. The van der Waals surface area contributed by atoms with Crippen molar-refractivity contribution in [2.24, 2.45) is 0 Å². The average Bonchev–Trinajstić information content (AvgIpc) is 2.42. The van der Waals surface area contributed by atoms with Gasteiger partial charge in [0.2, 0.25) is 5.88 Å². The fraction of sp³-hybridized carbons (Fsp3) is 0.286. The van der Waals surface area contributed by atoms with Crippen LogP contribution in [0.15, 0.2) is 24.5 Å². The number of hydrogen-bond donors (Lipinski definition) is 1. The zero-order valence-electron chi connectivity index (χ0n) is 11.3. The standard InChI is InChI=1S/C14H15Cl2N3O/c1-3-10-13(17-4-2)18-8-19-14(10)20-12-6-5-9(15)7-11(12)16/h5-8H,3-4H2,1-2H3,(H,17,18,19). The van der Waals surface area contributed by atoms with E-state index in [4.69, 9.17) is 27.9 Å². The average molecular weight is 312 g/mol. The molecule has 0 aliphatic rings. The minimum Gasteiger partial charge on any atom is -0.437 e. The fourth-order valence-electron chi connectivity index (χ4n) is 1.78. The van der Waals surface area contributed by atoms with E-state index in [1.807, 2.05) is 13.8 Å². The summed E-state index contributed by atoms with van der Waals surface area (Å²) in [5, 5.41) is 4.20. The maximum absolute atomic E-state index is 6.11. The Bertz CT molecular complexity index is 605. The smallest absolute Gasteiger partial charge is 0.227 e. The normalized spacial score (nSPS) is 10.4. The molecule has 2 aromatic rings. The maximum Gasteiger partial charge on any atom is 0.227 e. The predicted molar refractivity (Wildman–Crippen MR) is 82.1 cm³/mol. The Morgan fingerprint density at radius 1 is 1.20 bits per heavy atom. The monoisotopic (exact) mass is 311 g/mol. The zero-order valence-corrected chi connectivity index (χ0v) is 12.8. The SMILES string of the molecule is CCNc1ncnc(Oc2ccc(Cl)cc2Cl)c1CC. The number of aromatic nitrogens is 2. The van der Waals surface area contributed by atoms with Crippen molar-refractivity contribution < 1.29 is 4.74 Å². The van der Waals surface area contributed by atoms with E-state index in [0.717, 1.165) is 24.3 Å². The van der Waals surface area contributed by atoms with Crippen LogP contribution in [0.4, 0.5) is 5.82 Å². The summed E-state index contributed by atoms with van der Waals surface area (Å²) in [7, 11) is 0. The molecule has 0 fully saturated rings. The van der Waals surface area contributed by atoms with Gasteiger partial charge in [0.1, 0.15) is 17.9 Å². The lowest BCUT2D eigenvalue weighted by atomic mass is 10.2. The van der Waals surface area contributed by atoms with Crippen LogP contribution in [0.1, 0.15) is 19.4 Å². The van der Waals surface area contributed by atoms with E-state index in [9.17, 15) is 0 Å². The third-order valence-electron chi connectivity index (χ3n) is 2.70. The zero-order chi connectivity index (χ0) is 14.5. The van der Waals surface area contributed by atoms with Gasteiger partial charge in [0.15, 0.2) is 0 Å². The van der Waals surface area contributed by atoms with Crippen molar-refractivity contribution in [1.82, 2.24) is 9.97 Å². The van der Waals surface area contributed by atoms with Gasteiger partial charge in [-0.3, -0.25) is 0 Å². The van der Waals surface area contributed by atoms with E-state index in [1.54, 1.807) is 18.2 Å². The summed E-state index contributed by atoms with van der Waals surface area (Å²) >= 11 is 12.0. The van der Waals surface area contributed by atoms with Gasteiger partial charge in [0, 0.05) is 11.6 Å². The van der Waals surface area contributed by atoms with Crippen LogP contribution >= 0.6 is 23.2 Å². The number of nitrogens with zero attached hydrogens (tertiary/aromatic N) is 2. The summed E-state index contributed by atoms with van der Waals surface area (Å²) < 4.78 is 5.79. The molecule has 0 aliphatic heterocycles. The van der Waals surface area contributed by atoms with Gasteiger partial charge in [-0.05, 0) is 31.5 Å². The predicted octanol–water partition coefficient (Wildman–Crippen LogP) is 4.57. The van der Waals surface area contributed by atoms with Crippen molar-refractivity contribution >= 4 is 29.0 Å². The lowest BCUT2D eigenvalue weighted by Crippen LogP contribution is -2.05. The topological polar surface area (TPSA) is 47.0 Å². The van der Waals surface area contributed by atoms with Gasteiger partial charge in [-0.1, -0.05) is 30.1 Å². The molecule has 1 N–H and O–H groups in total. The highest BCUT2D eigenvalue weighted by atomic mass is 35.5. The van der Waals surface area contributed by atoms with Crippen LogP contribution < -0.4 is 10.1 Å². The van der Waals surface area contributed by atoms with Crippen LogP contribution in [0.2, 0.25) is 10.0 Å². The number of anilines is 1. The van der Waals surface area contributed by atoms with Crippen LogP contribution in [-0.4, -0.2) is 16.5 Å². The Balaban J connectivity index is 2.35. The van der Waals surface area contributed by atoms with Crippen LogP contribution in [0.3, 0.4) is 0 Å². The molecule has 0 radical (unpaired) electrons. The first-order valence-electron chi connectivity index (χ1n) is 6.36. The molecule has 6 heteroatoms. The minimum absolute atomic E-state index is 0.447. The highest BCUT2D eigenvalue weighted by Gasteiger charge is 2.13. The van der Waals surface area contributed by atoms with E-state index in [1.165, 1.54) is 6.33 Å². The van der Waals surface area contributed by atoms with Gasteiger partial charge in [0.25, 0.3) is 0 Å². The van der Waals surface area contributed by atoms with Crippen molar-refractivity contribution in [3.8, 4) is 11.6 Å². The van der Waals surface area contributed by atoms with Crippen LogP contribution in [0.5, 0.6) is 11.6 Å². The first-order chi connectivity index (χ1) is 9.65. The largest absolute Gasteiger partial charge is 0.437 e. The van der Waals surface area contributed by atoms with E-state index in [0.29, 0.717) is 21.7 Å². The van der Waals surface area contributed by atoms with Crippen LogP contribution in [0, 0.1) is 0 Å². The summed E-state index contributed by atoms with van der Waals surface area (Å²) in [5.74, 6) is 1.81. The van der Waals surface area contributed by atoms with Gasteiger partial charge in [0.05, 0.1) is 10.6 Å². The van der Waals surface area contributed by atoms with E-state index >= 15 is 0 Å². The van der Waals surface area contributed by atoms with E-state index in [2.05, 4.69) is 15.3 Å². The van der Waals surface area contributed by atoms with Crippen molar-refractivity contribution in [3.63, 3.8) is 0 Å². The molecule has 1 aromatic carbocycles. The van der Waals surface area contributed by atoms with Gasteiger partial charge < -0.3 is 10.1 Å². The number of ether oxygens (including phenoxy) is 1. The maximum atomic E-state index is 6.11. The van der Waals surface area contributed by atoms with Crippen LogP contribution in [0.25, 0.3) is 0 Å². The molecule has 0 saturated carbocycles. The summed E-state index contributed by atoms with van der Waals surface area (Å²) in [5.41, 5.74) is 0.917. The Kier molecular flexibility index (Phi) is 5.04. The number of benzene rings is 1. The molecule has 0 aliphatic carbocycles. The van der Waals surface area contributed by atoms with E-state index < -0.39 is 0 Å². The number of halogens is 2. The highest BCUT2D eigenvalue weighted by molar-refractivity contribution is 6.35. The molecule has 0 amide bonds. The molecule has 0 atom stereocenters. The van der Waals surface area contributed by atoms with Gasteiger partial charge in [-0.15, -0.1) is 0 Å². The Morgan fingerprint density at radius 3 is 2.65 bits per heavy atom.